The summed E-state index contributed by atoms with van der Waals surface area (Å²) in [5.74, 6) is 0. The molecule has 94 valence electrons. The first kappa shape index (κ1) is 12.6. The number of hydrogen-bond acceptors (Lipinski definition) is 1. The predicted octanol–water partition coefficient (Wildman–Crippen LogP) is 3.24. The van der Waals surface area contributed by atoms with Crippen molar-refractivity contribution in [3.8, 4) is 0 Å². The van der Waals surface area contributed by atoms with Gasteiger partial charge in [0.25, 0.3) is 0 Å². The van der Waals surface area contributed by atoms with E-state index in [2.05, 4.69) is 33.5 Å². The number of aromatic nitrogens is 1. The molecule has 0 aliphatic carbocycles. The van der Waals surface area contributed by atoms with Gasteiger partial charge in [0.1, 0.15) is 0 Å². The molecule has 1 aliphatic rings. The second kappa shape index (κ2) is 4.03. The number of halogens is 1. The summed E-state index contributed by atoms with van der Waals surface area (Å²) >= 11 is 5.30. The van der Waals surface area contributed by atoms with Crippen LogP contribution in [0.25, 0.3) is 10.9 Å². The molecule has 0 saturated heterocycles. The van der Waals surface area contributed by atoms with Gasteiger partial charge in [0, 0.05) is 0 Å². The van der Waals surface area contributed by atoms with Crippen LogP contribution in [0.15, 0.2) is 27.6 Å². The Hall–Kier alpha value is -0.428. The Morgan fingerprint density at radius 2 is 2.17 bits per heavy atom. The van der Waals surface area contributed by atoms with Crippen LogP contribution in [0, 0.1) is 6.92 Å². The average Bonchev–Trinajstić information content (AvgIpc) is 2.29. The first-order chi connectivity index (χ1) is 8.40. The molecule has 2 aromatic rings. The molecule has 0 amide bonds. The van der Waals surface area contributed by atoms with Crippen LogP contribution >= 0.6 is 15.9 Å². The molecule has 0 spiro atoms. The summed E-state index contributed by atoms with van der Waals surface area (Å²) in [7, 11) is 0. The van der Waals surface area contributed by atoms with E-state index in [1.165, 1.54) is 5.56 Å². The van der Waals surface area contributed by atoms with E-state index >= 15 is 0 Å². The van der Waals surface area contributed by atoms with Gasteiger partial charge in [-0.25, -0.2) is 0 Å². The van der Waals surface area contributed by atoms with E-state index in [0.29, 0.717) is 0 Å². The first-order valence-corrected chi connectivity index (χ1v) is 8.09. The van der Waals surface area contributed by atoms with Gasteiger partial charge in [0.2, 0.25) is 0 Å². The third-order valence-electron chi connectivity index (χ3n) is 3.67. The van der Waals surface area contributed by atoms with E-state index in [9.17, 15) is 4.79 Å². The topological polar surface area (TPSA) is 22.0 Å². The van der Waals surface area contributed by atoms with Crippen molar-refractivity contribution in [3.63, 3.8) is 0 Å². The molecular weight excluding hydrogens is 464 g/mol. The molecule has 0 radical (unpaired) electrons. The van der Waals surface area contributed by atoms with Crippen LogP contribution in [0.2, 0.25) is 0 Å². The molecule has 0 fully saturated rings. The van der Waals surface area contributed by atoms with Gasteiger partial charge < -0.3 is 0 Å². The molecule has 2 heterocycles. The zero-order valence-electron chi connectivity index (χ0n) is 10.3. The predicted molar refractivity (Wildman–Crippen MR) is 72.6 cm³/mol. The van der Waals surface area contributed by atoms with Crippen molar-refractivity contribution in [1.82, 2.24) is 4.57 Å². The van der Waals surface area contributed by atoms with Gasteiger partial charge in [-0.05, 0) is 0 Å². The fourth-order valence-corrected chi connectivity index (χ4v) is 4.01. The van der Waals surface area contributed by atoms with E-state index in [1.807, 2.05) is 19.2 Å². The van der Waals surface area contributed by atoms with Crippen LogP contribution in [0.5, 0.6) is 0 Å². The Labute approximate surface area is 125 Å². The summed E-state index contributed by atoms with van der Waals surface area (Å²) in [6, 6.07) is 4.10. The Morgan fingerprint density at radius 3 is 2.89 bits per heavy atom. The van der Waals surface area contributed by atoms with E-state index in [4.69, 9.17) is 0 Å². The minimum absolute atomic E-state index is 0.136. The van der Waals surface area contributed by atoms with Gasteiger partial charge in [0.05, 0.1) is 0 Å². The van der Waals surface area contributed by atoms with Crippen molar-refractivity contribution in [2.24, 2.45) is 0 Å². The summed E-state index contributed by atoms with van der Waals surface area (Å²) < 4.78 is 3.45. The first-order valence-electron chi connectivity index (χ1n) is 5.94. The van der Waals surface area contributed by atoms with Crippen LogP contribution in [-0.4, -0.2) is 4.57 Å². The van der Waals surface area contributed by atoms with Gasteiger partial charge in [0.15, 0.2) is 0 Å². The summed E-state index contributed by atoms with van der Waals surface area (Å²) in [6.07, 6.45) is 4.21. The van der Waals surface area contributed by atoms with E-state index in [0.717, 1.165) is 33.8 Å². The zero-order chi connectivity index (χ0) is 13.1. The molecule has 1 atom stereocenters. The molecule has 3 rings (SSSR count). The molecule has 0 bridgehead atoms. The Morgan fingerprint density at radius 1 is 1.44 bits per heavy atom. The van der Waals surface area contributed by atoms with Gasteiger partial charge in [-0.2, -0.15) is 0 Å². The van der Waals surface area contributed by atoms with Crippen molar-refractivity contribution < 1.29 is 19.2 Å². The Balaban J connectivity index is 2.58. The number of aryl methyl sites for hydroxylation is 2. The average molecular weight is 477 g/mol. The van der Waals surface area contributed by atoms with E-state index in [1.54, 1.807) is 19.2 Å². The number of benzene rings is 1. The monoisotopic (exact) mass is 477 g/mol. The Bertz CT molecular complexity index is 718. The molecule has 2 nitrogen and oxygen atoms in total. The number of rotatable bonds is 0. The van der Waals surface area contributed by atoms with Gasteiger partial charge in [-0.1, -0.05) is 0 Å². The Kier molecular flexibility index (Phi) is 2.82. The van der Waals surface area contributed by atoms with E-state index in [-0.39, 0.29) is 9.44 Å². The van der Waals surface area contributed by atoms with Crippen molar-refractivity contribution in [2.45, 2.75) is 30.7 Å². The zero-order valence-corrected chi connectivity index (χ0v) is 14.6. The quantitative estimate of drug-likeness (QED) is 0.571. The normalized spacial score (nSPS) is 22.4. The fourth-order valence-electron chi connectivity index (χ4n) is 2.68. The molecule has 1 aromatic carbocycles. The molecule has 1 unspecified atom stereocenters. The molecule has 0 saturated carbocycles. The summed E-state index contributed by atoms with van der Waals surface area (Å²) in [5.41, 5.74) is 3.40. The summed E-state index contributed by atoms with van der Waals surface area (Å²) in [5, 5.41) is 0.849. The molecular formula is C14H13BrNORe. The summed E-state index contributed by atoms with van der Waals surface area (Å²) in [4.78, 5) is 12.3. The molecule has 4 heteroatoms. The van der Waals surface area contributed by atoms with Crippen molar-refractivity contribution >= 4 is 26.8 Å². The molecule has 1 aliphatic heterocycles. The minimum atomic E-state index is 0.136. The fraction of sp³-hybridized carbons (Fsp3) is 0.357. The van der Waals surface area contributed by atoms with Gasteiger partial charge >= 0.3 is 125 Å². The van der Waals surface area contributed by atoms with Crippen LogP contribution < -0.4 is 5.43 Å². The maximum absolute atomic E-state index is 12.3. The second-order valence-electron chi connectivity index (χ2n) is 5.11. The van der Waals surface area contributed by atoms with Crippen LogP contribution in [-0.2, 0) is 29.6 Å². The molecule has 0 N–H and O–H groups in total. The summed E-state index contributed by atoms with van der Waals surface area (Å²) in [6.45, 7) is 4.17. The van der Waals surface area contributed by atoms with E-state index < -0.39 is 0 Å². The second-order valence-corrected chi connectivity index (χ2v) is 8.96. The third-order valence-corrected chi connectivity index (χ3v) is 5.46. The maximum atomic E-state index is 12.3. The number of pyridine rings is 1. The van der Waals surface area contributed by atoms with Crippen LogP contribution in [0.1, 0.15) is 24.5 Å². The molecule has 1 aromatic heterocycles. The molecule has 18 heavy (non-hydrogen) atoms. The van der Waals surface area contributed by atoms with Crippen LogP contribution in [0.4, 0.5) is 0 Å². The number of hydrogen-bond donors (Lipinski definition) is 0. The SMILES string of the molecule is Cc1cn2c3c(cc(Br)cc3c1=O)CC[C]2(C)[Re]. The standard InChI is InChI=1S/C14H13BrNO.Re/c1-8-7-16-9(2)3-4-10-5-11(15)6-12(13(10)16)14(8)17;/h5-7H,3-4H2,1-2H3;. The van der Waals surface area contributed by atoms with Crippen LogP contribution in [0.3, 0.4) is 0 Å². The van der Waals surface area contributed by atoms with Gasteiger partial charge in [-0.3, -0.25) is 0 Å². The van der Waals surface area contributed by atoms with Crippen molar-refractivity contribution in [1.29, 1.82) is 0 Å². The van der Waals surface area contributed by atoms with Crippen molar-refractivity contribution in [3.05, 3.63) is 44.2 Å². The third kappa shape index (κ3) is 1.74. The van der Waals surface area contributed by atoms with Gasteiger partial charge in [-0.15, -0.1) is 0 Å². The number of nitrogens with zero attached hydrogens (tertiary/aromatic N) is 1. The van der Waals surface area contributed by atoms with Crippen molar-refractivity contribution in [2.75, 3.05) is 0 Å².